The van der Waals surface area contributed by atoms with E-state index in [-0.39, 0.29) is 35.7 Å². The number of fused-ring (bicyclic) bond motifs is 1. The van der Waals surface area contributed by atoms with Crippen molar-refractivity contribution in [1.82, 2.24) is 9.80 Å². The first-order chi connectivity index (χ1) is 16.7. The van der Waals surface area contributed by atoms with Gasteiger partial charge in [-0.1, -0.05) is 12.2 Å². The van der Waals surface area contributed by atoms with Crippen LogP contribution in [0.1, 0.15) is 63.2 Å². The second kappa shape index (κ2) is 9.60. The lowest BCUT2D eigenvalue weighted by Crippen LogP contribution is -2.63. The van der Waals surface area contributed by atoms with Gasteiger partial charge in [0, 0.05) is 23.5 Å². The van der Waals surface area contributed by atoms with Gasteiger partial charge in [-0.25, -0.2) is 0 Å². The Morgan fingerprint density at radius 2 is 1.94 bits per heavy atom. The number of unbranched alkanes of at least 4 members (excludes halogenated alkanes) is 2. The first-order valence-electron chi connectivity index (χ1n) is 12.4. The van der Waals surface area contributed by atoms with Gasteiger partial charge in [-0.05, 0) is 52.0 Å². The van der Waals surface area contributed by atoms with Gasteiger partial charge in [0.1, 0.15) is 16.9 Å². The highest BCUT2D eigenvalue weighted by molar-refractivity contribution is 6.08. The van der Waals surface area contributed by atoms with Gasteiger partial charge in [0.05, 0.1) is 31.4 Å². The molecule has 3 fully saturated rings. The van der Waals surface area contributed by atoms with E-state index in [1.165, 1.54) is 6.26 Å². The number of carbonyl (C=O) groups is 2. The summed E-state index contributed by atoms with van der Waals surface area (Å²) in [5.74, 6) is -0.949. The maximum Gasteiger partial charge on any atom is 0.241 e. The fourth-order valence-electron chi connectivity index (χ4n) is 6.13. The zero-order valence-electron chi connectivity index (χ0n) is 20.6. The molecule has 0 bridgehead atoms. The van der Waals surface area contributed by atoms with Crippen LogP contribution in [0.15, 0.2) is 42.1 Å². The summed E-state index contributed by atoms with van der Waals surface area (Å²) < 4.78 is 11.6. The number of ether oxygens (including phenoxy) is 1. The maximum absolute atomic E-state index is 14.2. The number of aryl methyl sites for hydroxylation is 1. The van der Waals surface area contributed by atoms with Crippen LogP contribution in [-0.2, 0) is 20.7 Å². The Bertz CT molecular complexity index is 1020. The number of likely N-dealkylation sites (tertiary alicyclic amines) is 1. The van der Waals surface area contributed by atoms with E-state index in [1.54, 1.807) is 35.8 Å². The maximum atomic E-state index is 14.2. The van der Waals surface area contributed by atoms with Crippen LogP contribution < -0.4 is 0 Å². The predicted octanol–water partition coefficient (Wildman–Crippen LogP) is 3.68. The first-order valence-corrected chi connectivity index (χ1v) is 12.4. The standard InChI is InChI=1S/C26H35N3O6/c1-5-7-9-10-12-27-15-21(29(32)33)22(18-13-20(34-16-18)11-8-6-2)26(23(27)30)14-19-17-35-25(3,4)28(19)24(26)31/h5-6,13,16,19,21-22H,1-2,7-12,14-15,17H2,3-4H3/t19?,21-,22+,26+/m0/s1. The van der Waals surface area contributed by atoms with Gasteiger partial charge < -0.3 is 19.0 Å². The highest BCUT2D eigenvalue weighted by atomic mass is 16.6. The Hall–Kier alpha value is -2.94. The molecule has 190 valence electrons. The van der Waals surface area contributed by atoms with Crippen molar-refractivity contribution in [2.24, 2.45) is 5.41 Å². The van der Waals surface area contributed by atoms with Crippen molar-refractivity contribution in [1.29, 1.82) is 0 Å². The summed E-state index contributed by atoms with van der Waals surface area (Å²) in [6, 6.07) is 0.354. The Morgan fingerprint density at radius 3 is 2.60 bits per heavy atom. The second-order valence-electron chi connectivity index (χ2n) is 10.3. The van der Waals surface area contributed by atoms with Crippen LogP contribution >= 0.6 is 0 Å². The number of nitro groups is 1. The minimum atomic E-state index is -1.56. The number of nitrogens with zero attached hydrogens (tertiary/aromatic N) is 3. The smallest absolute Gasteiger partial charge is 0.241 e. The molecule has 9 nitrogen and oxygen atoms in total. The van der Waals surface area contributed by atoms with E-state index in [0.29, 0.717) is 43.7 Å². The summed E-state index contributed by atoms with van der Waals surface area (Å²) in [4.78, 5) is 43.6. The summed E-state index contributed by atoms with van der Waals surface area (Å²) in [7, 11) is 0. The van der Waals surface area contributed by atoms with Crippen LogP contribution in [0.3, 0.4) is 0 Å². The van der Waals surface area contributed by atoms with Gasteiger partial charge in [-0.15, -0.1) is 13.2 Å². The minimum absolute atomic E-state index is 0.0304. The number of amides is 2. The Labute approximate surface area is 205 Å². The van der Waals surface area contributed by atoms with Crippen molar-refractivity contribution in [3.63, 3.8) is 0 Å². The molecule has 1 aromatic heterocycles. The molecule has 0 aliphatic carbocycles. The molecule has 0 radical (unpaired) electrons. The van der Waals surface area contributed by atoms with Crippen molar-refractivity contribution < 1.29 is 23.7 Å². The van der Waals surface area contributed by atoms with E-state index in [4.69, 9.17) is 9.15 Å². The molecule has 0 saturated carbocycles. The SMILES string of the molecule is C=CCCCCN1C[C@H]([N+](=O)[O-])[C@@H](c2coc(CCC=C)c2)[C@]2(CC3COC(C)(C)N3C2=O)C1=O. The molecule has 2 amide bonds. The lowest BCUT2D eigenvalue weighted by Gasteiger charge is -2.45. The summed E-state index contributed by atoms with van der Waals surface area (Å²) >= 11 is 0. The monoisotopic (exact) mass is 485 g/mol. The van der Waals surface area contributed by atoms with Gasteiger partial charge in [0.15, 0.2) is 0 Å². The van der Waals surface area contributed by atoms with Gasteiger partial charge in [-0.2, -0.15) is 0 Å². The number of rotatable bonds is 10. The molecule has 1 unspecified atom stereocenters. The Kier molecular flexibility index (Phi) is 6.90. The molecule has 3 aliphatic rings. The molecule has 3 aliphatic heterocycles. The molecular formula is C26H35N3O6. The minimum Gasteiger partial charge on any atom is -0.469 e. The predicted molar refractivity (Wildman–Crippen MR) is 129 cm³/mol. The molecule has 4 heterocycles. The highest BCUT2D eigenvalue weighted by Crippen LogP contribution is 2.56. The average molecular weight is 486 g/mol. The van der Waals surface area contributed by atoms with E-state index >= 15 is 0 Å². The molecule has 3 saturated heterocycles. The van der Waals surface area contributed by atoms with E-state index < -0.39 is 23.1 Å². The summed E-state index contributed by atoms with van der Waals surface area (Å²) in [5.41, 5.74) is -1.89. The van der Waals surface area contributed by atoms with Crippen molar-refractivity contribution in [2.45, 2.75) is 76.1 Å². The van der Waals surface area contributed by atoms with Crippen molar-refractivity contribution >= 4 is 11.8 Å². The molecule has 4 rings (SSSR count). The second-order valence-corrected chi connectivity index (χ2v) is 10.3. The van der Waals surface area contributed by atoms with Crippen molar-refractivity contribution in [3.8, 4) is 0 Å². The van der Waals surface area contributed by atoms with E-state index in [9.17, 15) is 19.7 Å². The fourth-order valence-corrected chi connectivity index (χ4v) is 6.13. The number of carbonyl (C=O) groups excluding carboxylic acids is 2. The van der Waals surface area contributed by atoms with Gasteiger partial charge in [-0.3, -0.25) is 19.7 Å². The number of piperidine rings is 1. The number of hydrogen-bond donors (Lipinski definition) is 0. The van der Waals surface area contributed by atoms with Gasteiger partial charge in [0.2, 0.25) is 17.9 Å². The van der Waals surface area contributed by atoms with Crippen LogP contribution in [0.25, 0.3) is 0 Å². The molecule has 9 heteroatoms. The first kappa shape index (κ1) is 25.2. The van der Waals surface area contributed by atoms with Crippen LogP contribution in [0.4, 0.5) is 0 Å². The van der Waals surface area contributed by atoms with Crippen molar-refractivity contribution in [3.05, 3.63) is 59.1 Å². The molecule has 1 aromatic rings. The molecule has 1 spiro atoms. The molecule has 0 aromatic carbocycles. The molecule has 0 N–H and O–H groups in total. The fraction of sp³-hybridized carbons (Fsp3) is 0.615. The molecule has 35 heavy (non-hydrogen) atoms. The molecule has 4 atom stereocenters. The quantitative estimate of drug-likeness (QED) is 0.165. The highest BCUT2D eigenvalue weighted by Gasteiger charge is 2.71. The van der Waals surface area contributed by atoms with Crippen LogP contribution in [0.2, 0.25) is 0 Å². The summed E-state index contributed by atoms with van der Waals surface area (Å²) in [6.07, 6.45) is 8.88. The average Bonchev–Trinajstić information content (AvgIpc) is 3.48. The number of allylic oxidation sites excluding steroid dienone is 2. The van der Waals surface area contributed by atoms with Crippen LogP contribution in [0, 0.1) is 15.5 Å². The van der Waals surface area contributed by atoms with E-state index in [1.807, 2.05) is 6.08 Å². The third-order valence-electron chi connectivity index (χ3n) is 7.71. The Morgan fingerprint density at radius 1 is 1.20 bits per heavy atom. The third kappa shape index (κ3) is 4.20. The lowest BCUT2D eigenvalue weighted by atomic mass is 9.64. The zero-order valence-corrected chi connectivity index (χ0v) is 20.6. The van der Waals surface area contributed by atoms with Gasteiger partial charge >= 0.3 is 0 Å². The normalized spacial score (nSPS) is 29.6. The zero-order chi connectivity index (χ0) is 25.4. The lowest BCUT2D eigenvalue weighted by molar-refractivity contribution is -0.531. The third-order valence-corrected chi connectivity index (χ3v) is 7.71. The van der Waals surface area contributed by atoms with Crippen LogP contribution in [-0.4, -0.2) is 64.0 Å². The summed E-state index contributed by atoms with van der Waals surface area (Å²) in [6.45, 7) is 11.7. The summed E-state index contributed by atoms with van der Waals surface area (Å²) in [5, 5.41) is 12.4. The van der Waals surface area contributed by atoms with Crippen LogP contribution in [0.5, 0.6) is 0 Å². The van der Waals surface area contributed by atoms with Crippen molar-refractivity contribution in [2.75, 3.05) is 19.7 Å². The van der Waals surface area contributed by atoms with Gasteiger partial charge in [0.25, 0.3) is 0 Å². The molecular weight excluding hydrogens is 450 g/mol. The van der Waals surface area contributed by atoms with E-state index in [2.05, 4.69) is 13.2 Å². The van der Waals surface area contributed by atoms with E-state index in [0.717, 1.165) is 12.8 Å². The Balaban J connectivity index is 1.78. The topological polar surface area (TPSA) is 106 Å². The largest absolute Gasteiger partial charge is 0.469 e. The number of furan rings is 1. The number of hydrogen-bond acceptors (Lipinski definition) is 6.